The quantitative estimate of drug-likeness (QED) is 0.424. The van der Waals surface area contributed by atoms with E-state index in [1.165, 1.54) is 28.8 Å². The number of aryl methyl sites for hydroxylation is 1. The fraction of sp³-hybridized carbons (Fsp3) is 0.333. The van der Waals surface area contributed by atoms with Gasteiger partial charge in [-0.25, -0.2) is 4.90 Å². The number of carbonyl (C=O) groups excluding carboxylic acids is 2. The molecule has 0 unspecified atom stereocenters. The van der Waals surface area contributed by atoms with Gasteiger partial charge in [0, 0.05) is 21.9 Å². The molecule has 1 aliphatic carbocycles. The summed E-state index contributed by atoms with van der Waals surface area (Å²) in [5.74, 6) is -1.01. The molecule has 2 atom stereocenters. The summed E-state index contributed by atoms with van der Waals surface area (Å²) in [5.41, 5.74) is 1.30. The van der Waals surface area contributed by atoms with E-state index in [2.05, 4.69) is 0 Å². The van der Waals surface area contributed by atoms with Crippen molar-refractivity contribution >= 4 is 35.0 Å². The first-order valence-electron chi connectivity index (χ1n) is 9.36. The van der Waals surface area contributed by atoms with Crippen LogP contribution in [0.1, 0.15) is 31.2 Å². The van der Waals surface area contributed by atoms with E-state index in [0.717, 1.165) is 23.3 Å². The molecule has 4 rings (SSSR count). The average molecular weight is 396 g/mol. The fourth-order valence-electron chi connectivity index (χ4n) is 4.02. The molecule has 2 aromatic rings. The van der Waals surface area contributed by atoms with Gasteiger partial charge in [-0.15, -0.1) is 0 Å². The van der Waals surface area contributed by atoms with Gasteiger partial charge in [0.15, 0.2) is 0 Å². The molecule has 1 aliphatic heterocycles. The van der Waals surface area contributed by atoms with Crippen molar-refractivity contribution in [2.45, 2.75) is 42.4 Å². The van der Waals surface area contributed by atoms with Crippen LogP contribution in [-0.4, -0.2) is 16.7 Å². The Hall–Kier alpha value is -2.67. The van der Waals surface area contributed by atoms with Gasteiger partial charge in [0.1, 0.15) is 0 Å². The maximum Gasteiger partial charge on any atom is 0.272 e. The number of imide groups is 1. The number of nitro groups is 1. The number of rotatable bonds is 4. The lowest BCUT2D eigenvalue weighted by Gasteiger charge is -2.19. The first-order valence-corrected chi connectivity index (χ1v) is 10.2. The SMILES string of the molecule is Cc1ccc(Sc2cc(N3C(=O)[C@H]4CCCC[C@H]4C3=O)cc([N+](=O)[O-])c2)cc1. The van der Waals surface area contributed by atoms with Gasteiger partial charge in [-0.3, -0.25) is 19.7 Å². The Kier molecular flexibility index (Phi) is 4.93. The number of amides is 2. The highest BCUT2D eigenvalue weighted by Gasteiger charge is 2.49. The van der Waals surface area contributed by atoms with Crippen molar-refractivity contribution in [2.75, 3.05) is 4.90 Å². The summed E-state index contributed by atoms with van der Waals surface area (Å²) >= 11 is 1.38. The highest BCUT2D eigenvalue weighted by Crippen LogP contribution is 2.42. The van der Waals surface area contributed by atoms with E-state index < -0.39 is 4.92 Å². The molecule has 2 fully saturated rings. The van der Waals surface area contributed by atoms with Crippen LogP contribution in [0.25, 0.3) is 0 Å². The Balaban J connectivity index is 1.71. The van der Waals surface area contributed by atoms with Crippen molar-refractivity contribution in [3.05, 3.63) is 58.1 Å². The molecule has 28 heavy (non-hydrogen) atoms. The maximum absolute atomic E-state index is 12.9. The number of fused-ring (bicyclic) bond motifs is 1. The van der Waals surface area contributed by atoms with E-state index in [9.17, 15) is 19.7 Å². The number of nitro benzene ring substituents is 1. The first-order chi connectivity index (χ1) is 13.4. The van der Waals surface area contributed by atoms with Gasteiger partial charge in [0.25, 0.3) is 5.69 Å². The molecule has 144 valence electrons. The summed E-state index contributed by atoms with van der Waals surface area (Å²) in [6, 6.07) is 12.3. The van der Waals surface area contributed by atoms with Crippen LogP contribution in [0.4, 0.5) is 11.4 Å². The minimum Gasteiger partial charge on any atom is -0.274 e. The van der Waals surface area contributed by atoms with Crippen LogP contribution in [0, 0.1) is 28.9 Å². The minimum atomic E-state index is -0.485. The van der Waals surface area contributed by atoms with Crippen molar-refractivity contribution in [1.82, 2.24) is 0 Å². The number of hydrogen-bond acceptors (Lipinski definition) is 5. The molecule has 1 heterocycles. The van der Waals surface area contributed by atoms with Crippen LogP contribution < -0.4 is 4.90 Å². The molecule has 0 N–H and O–H groups in total. The molecule has 0 bridgehead atoms. The molecular formula is C21H20N2O4S. The Bertz CT molecular complexity index is 933. The van der Waals surface area contributed by atoms with E-state index in [0.29, 0.717) is 23.4 Å². The largest absolute Gasteiger partial charge is 0.274 e. The Morgan fingerprint density at radius 2 is 1.57 bits per heavy atom. The number of non-ortho nitro benzene ring substituents is 1. The number of benzene rings is 2. The fourth-order valence-corrected chi connectivity index (χ4v) is 4.92. The molecule has 0 spiro atoms. The van der Waals surface area contributed by atoms with Crippen LogP contribution in [-0.2, 0) is 9.59 Å². The van der Waals surface area contributed by atoms with Crippen molar-refractivity contribution in [2.24, 2.45) is 11.8 Å². The molecule has 2 aliphatic rings. The zero-order chi connectivity index (χ0) is 19.8. The topological polar surface area (TPSA) is 80.5 Å². The third kappa shape index (κ3) is 3.42. The molecular weight excluding hydrogens is 376 g/mol. The summed E-state index contributed by atoms with van der Waals surface area (Å²) in [6.07, 6.45) is 3.31. The second-order valence-corrected chi connectivity index (χ2v) is 8.51. The summed E-state index contributed by atoms with van der Waals surface area (Å²) in [4.78, 5) is 39.4. The van der Waals surface area contributed by atoms with Crippen molar-refractivity contribution in [1.29, 1.82) is 0 Å². The van der Waals surface area contributed by atoms with E-state index in [1.807, 2.05) is 31.2 Å². The van der Waals surface area contributed by atoms with E-state index in [4.69, 9.17) is 0 Å². The standard InChI is InChI=1S/C21H20N2O4S/c1-13-6-8-16(9-7-13)28-17-11-14(10-15(12-17)23(26)27)22-20(24)18-4-2-3-5-19(18)21(22)25/h6-12,18-19H,2-5H2,1H3/t18-,19+. The third-order valence-electron chi connectivity index (χ3n) is 5.44. The molecule has 7 heteroatoms. The highest BCUT2D eigenvalue weighted by molar-refractivity contribution is 7.99. The molecule has 2 amide bonds. The van der Waals surface area contributed by atoms with Crippen molar-refractivity contribution in [3.8, 4) is 0 Å². The second-order valence-electron chi connectivity index (χ2n) is 7.37. The van der Waals surface area contributed by atoms with E-state index >= 15 is 0 Å². The lowest BCUT2D eigenvalue weighted by atomic mass is 9.81. The predicted octanol–water partition coefficient (Wildman–Crippen LogP) is 4.73. The minimum absolute atomic E-state index is 0.123. The van der Waals surface area contributed by atoms with Crippen LogP contribution in [0.2, 0.25) is 0 Å². The summed E-state index contributed by atoms with van der Waals surface area (Å²) in [7, 11) is 0. The lowest BCUT2D eigenvalue weighted by Crippen LogP contribution is -2.30. The lowest BCUT2D eigenvalue weighted by molar-refractivity contribution is -0.385. The van der Waals surface area contributed by atoms with Crippen LogP contribution in [0.3, 0.4) is 0 Å². The van der Waals surface area contributed by atoms with Gasteiger partial charge >= 0.3 is 0 Å². The molecule has 0 aromatic heterocycles. The number of carbonyl (C=O) groups is 2. The van der Waals surface area contributed by atoms with Gasteiger partial charge in [0.2, 0.25) is 11.8 Å². The number of anilines is 1. The average Bonchev–Trinajstić information content (AvgIpc) is 2.94. The molecule has 1 saturated carbocycles. The zero-order valence-corrected chi connectivity index (χ0v) is 16.3. The van der Waals surface area contributed by atoms with E-state index in [1.54, 1.807) is 6.07 Å². The maximum atomic E-state index is 12.9. The normalized spacial score (nSPS) is 21.7. The molecule has 1 saturated heterocycles. The Labute approximate surface area is 167 Å². The molecule has 6 nitrogen and oxygen atoms in total. The second kappa shape index (κ2) is 7.39. The first kappa shape index (κ1) is 18.7. The third-order valence-corrected chi connectivity index (χ3v) is 6.42. The van der Waals surface area contributed by atoms with Crippen LogP contribution in [0.5, 0.6) is 0 Å². The van der Waals surface area contributed by atoms with Gasteiger partial charge in [-0.2, -0.15) is 0 Å². The van der Waals surface area contributed by atoms with E-state index in [-0.39, 0.29) is 29.3 Å². The smallest absolute Gasteiger partial charge is 0.272 e. The zero-order valence-electron chi connectivity index (χ0n) is 15.5. The highest BCUT2D eigenvalue weighted by atomic mass is 32.2. The van der Waals surface area contributed by atoms with Gasteiger partial charge < -0.3 is 0 Å². The summed E-state index contributed by atoms with van der Waals surface area (Å²) in [6.45, 7) is 1.99. The Morgan fingerprint density at radius 3 is 2.14 bits per heavy atom. The summed E-state index contributed by atoms with van der Waals surface area (Å²) < 4.78 is 0. The predicted molar refractivity (Wildman–Crippen MR) is 106 cm³/mol. The van der Waals surface area contributed by atoms with Gasteiger partial charge in [-0.1, -0.05) is 42.3 Å². The summed E-state index contributed by atoms with van der Waals surface area (Å²) in [5, 5.41) is 11.4. The Morgan fingerprint density at radius 1 is 0.964 bits per heavy atom. The van der Waals surface area contributed by atoms with Gasteiger partial charge in [0.05, 0.1) is 22.4 Å². The van der Waals surface area contributed by atoms with Crippen LogP contribution >= 0.6 is 11.8 Å². The molecule has 2 aromatic carbocycles. The number of nitrogens with zero attached hydrogens (tertiary/aromatic N) is 2. The molecule has 0 radical (unpaired) electrons. The number of hydrogen-bond donors (Lipinski definition) is 0. The van der Waals surface area contributed by atoms with Crippen molar-refractivity contribution < 1.29 is 14.5 Å². The van der Waals surface area contributed by atoms with Crippen molar-refractivity contribution in [3.63, 3.8) is 0 Å². The van der Waals surface area contributed by atoms with Gasteiger partial charge in [-0.05, 0) is 38.0 Å². The monoisotopic (exact) mass is 396 g/mol. The van der Waals surface area contributed by atoms with Crippen LogP contribution in [0.15, 0.2) is 52.3 Å².